The number of amides is 1. The van der Waals surface area contributed by atoms with Crippen LogP contribution in [-0.2, 0) is 14.8 Å². The van der Waals surface area contributed by atoms with Gasteiger partial charge >= 0.3 is 0 Å². The van der Waals surface area contributed by atoms with E-state index in [4.69, 9.17) is 0 Å². The van der Waals surface area contributed by atoms with Crippen molar-refractivity contribution in [2.24, 2.45) is 0 Å². The van der Waals surface area contributed by atoms with Crippen molar-refractivity contribution in [1.82, 2.24) is 9.62 Å². The lowest BCUT2D eigenvalue weighted by molar-refractivity contribution is -0.384. The van der Waals surface area contributed by atoms with Crippen LogP contribution in [0.4, 0.5) is 11.4 Å². The van der Waals surface area contributed by atoms with Crippen molar-refractivity contribution in [3.8, 4) is 0 Å². The Labute approximate surface area is 146 Å². The lowest BCUT2D eigenvalue weighted by atomic mass is 10.0. The maximum atomic E-state index is 12.4. The van der Waals surface area contributed by atoms with E-state index in [0.717, 1.165) is 6.26 Å². The zero-order valence-electron chi connectivity index (χ0n) is 14.1. The van der Waals surface area contributed by atoms with E-state index in [9.17, 15) is 23.3 Å². The first-order valence-corrected chi connectivity index (χ1v) is 9.81. The summed E-state index contributed by atoms with van der Waals surface area (Å²) in [6, 6.07) is 5.25. The molecule has 2 rings (SSSR count). The third kappa shape index (κ3) is 5.76. The van der Waals surface area contributed by atoms with Crippen LogP contribution in [0.3, 0.4) is 0 Å². The average Bonchev–Trinajstić information content (AvgIpc) is 2.53. The van der Waals surface area contributed by atoms with Crippen LogP contribution in [0.2, 0.25) is 0 Å². The maximum Gasteiger partial charge on any atom is 0.271 e. The van der Waals surface area contributed by atoms with Crippen LogP contribution in [-0.4, -0.2) is 55.6 Å². The molecule has 1 heterocycles. The Morgan fingerprint density at radius 3 is 2.56 bits per heavy atom. The van der Waals surface area contributed by atoms with Crippen molar-refractivity contribution in [2.75, 3.05) is 24.7 Å². The van der Waals surface area contributed by atoms with Gasteiger partial charge in [-0.3, -0.25) is 19.8 Å². The minimum Gasteiger partial charge on any atom is -0.324 e. The molecule has 0 saturated carbocycles. The third-order valence-electron chi connectivity index (χ3n) is 4.16. The van der Waals surface area contributed by atoms with E-state index in [1.54, 1.807) is 13.0 Å². The monoisotopic (exact) mass is 370 g/mol. The van der Waals surface area contributed by atoms with Gasteiger partial charge in [0, 0.05) is 37.0 Å². The second-order valence-electron chi connectivity index (χ2n) is 6.17. The number of carbonyl (C=O) groups excluding carboxylic acids is 1. The van der Waals surface area contributed by atoms with E-state index < -0.39 is 21.0 Å². The van der Waals surface area contributed by atoms with Crippen LogP contribution in [0, 0.1) is 10.1 Å². The number of non-ortho nitro benzene ring substituents is 1. The Kier molecular flexibility index (Phi) is 6.09. The Balaban J connectivity index is 1.91. The summed E-state index contributed by atoms with van der Waals surface area (Å²) in [7, 11) is -3.23. The van der Waals surface area contributed by atoms with Gasteiger partial charge in [0.1, 0.15) is 0 Å². The molecule has 0 aliphatic carbocycles. The van der Waals surface area contributed by atoms with Gasteiger partial charge in [0.25, 0.3) is 5.69 Å². The molecular formula is C15H22N4O5S. The molecule has 138 valence electrons. The minimum absolute atomic E-state index is 0.0851. The largest absolute Gasteiger partial charge is 0.324 e. The molecule has 1 aliphatic rings. The van der Waals surface area contributed by atoms with Gasteiger partial charge in [-0.2, -0.15) is 0 Å². The Morgan fingerprint density at radius 2 is 2.00 bits per heavy atom. The molecule has 10 heteroatoms. The van der Waals surface area contributed by atoms with E-state index in [1.165, 1.54) is 18.2 Å². The highest BCUT2D eigenvalue weighted by atomic mass is 32.2. The van der Waals surface area contributed by atoms with Gasteiger partial charge in [0.2, 0.25) is 15.9 Å². The predicted octanol–water partition coefficient (Wildman–Crippen LogP) is 0.935. The molecule has 2 N–H and O–H groups in total. The van der Waals surface area contributed by atoms with Crippen molar-refractivity contribution >= 4 is 27.3 Å². The van der Waals surface area contributed by atoms with Crippen LogP contribution in [0.1, 0.15) is 19.8 Å². The van der Waals surface area contributed by atoms with Gasteiger partial charge in [0.05, 0.1) is 17.2 Å². The molecule has 0 radical (unpaired) electrons. The summed E-state index contributed by atoms with van der Waals surface area (Å²) in [5.41, 5.74) is 0.290. The third-order valence-corrected chi connectivity index (χ3v) is 4.92. The number of sulfonamides is 1. The molecule has 1 saturated heterocycles. The summed E-state index contributed by atoms with van der Waals surface area (Å²) in [5.74, 6) is -0.255. The van der Waals surface area contributed by atoms with Gasteiger partial charge in [-0.15, -0.1) is 0 Å². The van der Waals surface area contributed by atoms with Gasteiger partial charge in [-0.25, -0.2) is 13.1 Å². The number of likely N-dealkylation sites (tertiary alicyclic amines) is 1. The molecule has 0 unspecified atom stereocenters. The highest BCUT2D eigenvalue weighted by molar-refractivity contribution is 7.88. The number of hydrogen-bond donors (Lipinski definition) is 2. The first-order chi connectivity index (χ1) is 11.7. The van der Waals surface area contributed by atoms with E-state index in [1.807, 2.05) is 4.90 Å². The number of nitrogens with one attached hydrogen (secondary N) is 2. The number of anilines is 1. The van der Waals surface area contributed by atoms with Gasteiger partial charge in [-0.1, -0.05) is 6.07 Å². The number of nitrogens with zero attached hydrogens (tertiary/aromatic N) is 2. The van der Waals surface area contributed by atoms with Crippen LogP contribution in [0.15, 0.2) is 24.3 Å². The first-order valence-electron chi connectivity index (χ1n) is 7.92. The Hall–Kier alpha value is -2.04. The number of carbonyl (C=O) groups is 1. The molecule has 1 aliphatic heterocycles. The molecular weight excluding hydrogens is 348 g/mol. The lowest BCUT2D eigenvalue weighted by Crippen LogP contribution is -2.50. The number of piperidine rings is 1. The molecule has 0 aromatic heterocycles. The number of hydrogen-bond acceptors (Lipinski definition) is 6. The van der Waals surface area contributed by atoms with Gasteiger partial charge < -0.3 is 5.32 Å². The summed E-state index contributed by atoms with van der Waals surface area (Å²) >= 11 is 0. The number of nitro benzene ring substituents is 1. The molecule has 0 bridgehead atoms. The first kappa shape index (κ1) is 19.3. The Bertz CT molecular complexity index is 744. The maximum absolute atomic E-state index is 12.4. The summed E-state index contributed by atoms with van der Waals surface area (Å²) < 4.78 is 25.1. The highest BCUT2D eigenvalue weighted by Gasteiger charge is 2.27. The smallest absolute Gasteiger partial charge is 0.271 e. The normalized spacial score (nSPS) is 17.8. The minimum atomic E-state index is -3.23. The second kappa shape index (κ2) is 7.89. The van der Waals surface area contributed by atoms with E-state index in [-0.39, 0.29) is 17.6 Å². The molecule has 25 heavy (non-hydrogen) atoms. The van der Waals surface area contributed by atoms with Crippen LogP contribution in [0.5, 0.6) is 0 Å². The summed E-state index contributed by atoms with van der Waals surface area (Å²) in [6.45, 7) is 2.95. The number of rotatable bonds is 6. The molecule has 1 atom stereocenters. The number of nitro groups is 1. The fourth-order valence-corrected chi connectivity index (χ4v) is 3.66. The SMILES string of the molecule is C[C@H](C(=O)Nc1cccc([N+](=O)[O-])c1)N1CCC(NS(C)(=O)=O)CC1. The molecule has 1 aromatic carbocycles. The standard InChI is InChI=1S/C15H22N4O5S/c1-11(18-8-6-12(7-9-18)17-25(2,23)24)15(20)16-13-4-3-5-14(10-13)19(21)22/h3-5,10-12,17H,6-9H2,1-2H3,(H,16,20)/t11-/m1/s1. The van der Waals surface area contributed by atoms with Crippen LogP contribution >= 0.6 is 0 Å². The number of benzene rings is 1. The van der Waals surface area contributed by atoms with Crippen molar-refractivity contribution in [2.45, 2.75) is 31.8 Å². The second-order valence-corrected chi connectivity index (χ2v) is 7.95. The summed E-state index contributed by atoms with van der Waals surface area (Å²) in [4.78, 5) is 24.6. The Morgan fingerprint density at radius 1 is 1.36 bits per heavy atom. The van der Waals surface area contributed by atoms with Crippen LogP contribution in [0.25, 0.3) is 0 Å². The highest BCUT2D eigenvalue weighted by Crippen LogP contribution is 2.19. The van der Waals surface area contributed by atoms with Crippen molar-refractivity contribution in [1.29, 1.82) is 0 Å². The van der Waals surface area contributed by atoms with Crippen molar-refractivity contribution < 1.29 is 18.1 Å². The summed E-state index contributed by atoms with van der Waals surface area (Å²) in [5, 5.41) is 13.5. The van der Waals surface area contributed by atoms with Crippen molar-refractivity contribution in [3.05, 3.63) is 34.4 Å². The quantitative estimate of drug-likeness (QED) is 0.568. The molecule has 0 spiro atoms. The van der Waals surface area contributed by atoms with Gasteiger partial charge in [0.15, 0.2) is 0 Å². The molecule has 1 aromatic rings. The van der Waals surface area contributed by atoms with Crippen LogP contribution < -0.4 is 10.0 Å². The van der Waals surface area contributed by atoms with E-state index in [2.05, 4.69) is 10.0 Å². The van der Waals surface area contributed by atoms with E-state index in [0.29, 0.717) is 31.6 Å². The van der Waals surface area contributed by atoms with Crippen molar-refractivity contribution in [3.63, 3.8) is 0 Å². The zero-order valence-corrected chi connectivity index (χ0v) is 15.0. The molecule has 1 fully saturated rings. The molecule has 9 nitrogen and oxygen atoms in total. The fraction of sp³-hybridized carbons (Fsp3) is 0.533. The average molecular weight is 370 g/mol. The lowest BCUT2D eigenvalue weighted by Gasteiger charge is -2.35. The fourth-order valence-electron chi connectivity index (χ4n) is 2.82. The summed E-state index contributed by atoms with van der Waals surface area (Å²) in [6.07, 6.45) is 2.39. The topological polar surface area (TPSA) is 122 Å². The van der Waals surface area contributed by atoms with E-state index >= 15 is 0 Å². The zero-order chi connectivity index (χ0) is 18.6. The van der Waals surface area contributed by atoms with Gasteiger partial charge in [-0.05, 0) is 25.8 Å². The molecule has 1 amide bonds. The predicted molar refractivity (Wildman–Crippen MR) is 93.8 cm³/mol.